The summed E-state index contributed by atoms with van der Waals surface area (Å²) in [5.74, 6) is 0. The van der Waals surface area contributed by atoms with Crippen LogP contribution in [0.2, 0.25) is 0 Å². The average molecular weight is 116 g/mol. The summed E-state index contributed by atoms with van der Waals surface area (Å²) >= 11 is 0. The van der Waals surface area contributed by atoms with Crippen LogP contribution in [-0.4, -0.2) is 12.1 Å². The summed E-state index contributed by atoms with van der Waals surface area (Å²) < 4.78 is 0. The van der Waals surface area contributed by atoms with E-state index in [2.05, 4.69) is 5.43 Å². The monoisotopic (exact) mass is 116 g/mol. The van der Waals surface area contributed by atoms with E-state index in [1.807, 2.05) is 13.8 Å². The maximum atomic E-state index is 10.7. The lowest BCUT2D eigenvalue weighted by Gasteiger charge is -2.19. The van der Waals surface area contributed by atoms with Crippen molar-refractivity contribution in [2.45, 2.75) is 32.4 Å². The molecule has 2 N–H and O–H groups in total. The second-order valence-electron chi connectivity index (χ2n) is 2.55. The summed E-state index contributed by atoms with van der Waals surface area (Å²) in [4.78, 5) is 0. The van der Waals surface area contributed by atoms with Crippen molar-refractivity contribution < 1.29 is 5.17 Å². The number of rotatable bonds is 0. The summed E-state index contributed by atoms with van der Waals surface area (Å²) in [6.07, 6.45) is 0.999. The zero-order valence-corrected chi connectivity index (χ0v) is 5.27. The van der Waals surface area contributed by atoms with E-state index < -0.39 is 0 Å². The van der Waals surface area contributed by atoms with Crippen molar-refractivity contribution in [1.82, 2.24) is 5.43 Å². The molecule has 0 spiro atoms. The standard InChI is InChI=1S/C5H12N2O/c1-4-3-5(2)7(8)6-4/h4-7H,3H2,1-2H3. The molecule has 3 atom stereocenters. The third kappa shape index (κ3) is 0.992. The minimum atomic E-state index is 0.206. The second kappa shape index (κ2) is 2.01. The highest BCUT2D eigenvalue weighted by Crippen LogP contribution is 1.96. The molecule has 0 radical (unpaired) electrons. The molecule has 0 aromatic rings. The molecule has 0 saturated carbocycles. The van der Waals surface area contributed by atoms with Gasteiger partial charge in [-0.1, -0.05) is 0 Å². The van der Waals surface area contributed by atoms with Gasteiger partial charge in [-0.2, -0.15) is 5.43 Å². The lowest BCUT2D eigenvalue weighted by Crippen LogP contribution is -3.14. The zero-order chi connectivity index (χ0) is 6.15. The van der Waals surface area contributed by atoms with E-state index >= 15 is 0 Å². The van der Waals surface area contributed by atoms with Crippen LogP contribution in [0.5, 0.6) is 0 Å². The van der Waals surface area contributed by atoms with Gasteiger partial charge >= 0.3 is 0 Å². The molecule has 8 heavy (non-hydrogen) atoms. The fourth-order valence-corrected chi connectivity index (χ4v) is 1.08. The van der Waals surface area contributed by atoms with Crippen LogP contribution in [0.4, 0.5) is 0 Å². The van der Waals surface area contributed by atoms with Crippen LogP contribution >= 0.6 is 0 Å². The molecule has 48 valence electrons. The van der Waals surface area contributed by atoms with E-state index in [9.17, 15) is 5.21 Å². The molecule has 3 unspecified atom stereocenters. The fourth-order valence-electron chi connectivity index (χ4n) is 1.08. The maximum Gasteiger partial charge on any atom is 0.103 e. The molecule has 1 fully saturated rings. The Hall–Kier alpha value is -0.120. The SMILES string of the molecule is CC1CC(C)[NH+]([O-])N1. The molecule has 3 heteroatoms. The summed E-state index contributed by atoms with van der Waals surface area (Å²) in [5.41, 5.74) is 2.83. The molecule has 1 aliphatic rings. The minimum Gasteiger partial charge on any atom is -0.613 e. The van der Waals surface area contributed by atoms with Crippen molar-refractivity contribution in [3.05, 3.63) is 5.21 Å². The average Bonchev–Trinajstić information content (AvgIpc) is 1.85. The summed E-state index contributed by atoms with van der Waals surface area (Å²) in [6.45, 7) is 3.99. The lowest BCUT2D eigenvalue weighted by atomic mass is 10.2. The Morgan fingerprint density at radius 3 is 2.38 bits per heavy atom. The predicted octanol–water partition coefficient (Wildman–Crippen LogP) is -0.946. The minimum absolute atomic E-state index is 0.206. The van der Waals surface area contributed by atoms with Gasteiger partial charge in [-0.15, -0.1) is 0 Å². The maximum absolute atomic E-state index is 10.7. The van der Waals surface area contributed by atoms with E-state index in [0.29, 0.717) is 6.04 Å². The highest BCUT2D eigenvalue weighted by Gasteiger charge is 2.23. The molecule has 0 aromatic heterocycles. The van der Waals surface area contributed by atoms with E-state index in [4.69, 9.17) is 0 Å². The molecule has 1 heterocycles. The Balaban J connectivity index is 2.39. The summed E-state index contributed by atoms with van der Waals surface area (Å²) in [6, 6.07) is 0.641. The van der Waals surface area contributed by atoms with Crippen LogP contribution in [0, 0.1) is 5.21 Å². The van der Waals surface area contributed by atoms with Gasteiger partial charge in [0.05, 0.1) is 6.04 Å². The highest BCUT2D eigenvalue weighted by molar-refractivity contribution is 4.64. The van der Waals surface area contributed by atoms with Crippen LogP contribution in [0.25, 0.3) is 0 Å². The fraction of sp³-hybridized carbons (Fsp3) is 1.00. The van der Waals surface area contributed by atoms with Crippen LogP contribution in [0.1, 0.15) is 20.3 Å². The van der Waals surface area contributed by atoms with Crippen molar-refractivity contribution in [2.24, 2.45) is 0 Å². The number of hydrogen-bond acceptors (Lipinski definition) is 2. The van der Waals surface area contributed by atoms with Crippen LogP contribution in [0.3, 0.4) is 0 Å². The van der Waals surface area contributed by atoms with Crippen molar-refractivity contribution in [1.29, 1.82) is 0 Å². The first-order valence-electron chi connectivity index (χ1n) is 3.00. The topological polar surface area (TPSA) is 39.5 Å². The van der Waals surface area contributed by atoms with Crippen molar-refractivity contribution in [3.63, 3.8) is 0 Å². The molecule has 3 nitrogen and oxygen atoms in total. The Morgan fingerprint density at radius 1 is 1.62 bits per heavy atom. The lowest BCUT2D eigenvalue weighted by molar-refractivity contribution is -0.905. The van der Waals surface area contributed by atoms with Gasteiger partial charge in [0.25, 0.3) is 0 Å². The Labute approximate surface area is 49.2 Å². The van der Waals surface area contributed by atoms with E-state index in [0.717, 1.165) is 6.42 Å². The molecular weight excluding hydrogens is 104 g/mol. The number of hydroxylamine groups is 1. The predicted molar refractivity (Wildman–Crippen MR) is 31.0 cm³/mol. The van der Waals surface area contributed by atoms with Gasteiger partial charge in [0.1, 0.15) is 6.04 Å². The van der Waals surface area contributed by atoms with E-state index in [-0.39, 0.29) is 11.2 Å². The number of nitrogens with one attached hydrogen (secondary N) is 2. The van der Waals surface area contributed by atoms with Gasteiger partial charge in [-0.25, -0.2) is 0 Å². The highest BCUT2D eigenvalue weighted by atomic mass is 16.5. The summed E-state index contributed by atoms with van der Waals surface area (Å²) in [5, 5.41) is 10.9. The second-order valence-corrected chi connectivity index (χ2v) is 2.55. The molecule has 0 aromatic carbocycles. The van der Waals surface area contributed by atoms with E-state index in [1.54, 1.807) is 0 Å². The Bertz CT molecular complexity index is 76.5. The van der Waals surface area contributed by atoms with Gasteiger partial charge in [0, 0.05) is 6.42 Å². The van der Waals surface area contributed by atoms with Crippen LogP contribution in [-0.2, 0) is 0 Å². The van der Waals surface area contributed by atoms with Crippen molar-refractivity contribution in [3.8, 4) is 0 Å². The normalized spacial score (nSPS) is 47.6. The van der Waals surface area contributed by atoms with E-state index in [1.165, 1.54) is 0 Å². The van der Waals surface area contributed by atoms with Crippen LogP contribution < -0.4 is 10.6 Å². The first-order chi connectivity index (χ1) is 3.70. The molecule has 0 aliphatic carbocycles. The molecule has 1 aliphatic heterocycles. The van der Waals surface area contributed by atoms with Gasteiger partial charge in [-0.05, 0) is 13.8 Å². The number of hydrogen-bond donors (Lipinski definition) is 2. The first-order valence-corrected chi connectivity index (χ1v) is 3.00. The van der Waals surface area contributed by atoms with Gasteiger partial charge in [0.2, 0.25) is 0 Å². The number of quaternary nitrogens is 1. The van der Waals surface area contributed by atoms with Crippen molar-refractivity contribution >= 4 is 0 Å². The van der Waals surface area contributed by atoms with Gasteiger partial charge < -0.3 is 5.21 Å². The Kier molecular flexibility index (Phi) is 1.51. The Morgan fingerprint density at radius 2 is 2.25 bits per heavy atom. The summed E-state index contributed by atoms with van der Waals surface area (Å²) in [7, 11) is 0. The van der Waals surface area contributed by atoms with Crippen molar-refractivity contribution in [2.75, 3.05) is 0 Å². The molecule has 1 rings (SSSR count). The van der Waals surface area contributed by atoms with Gasteiger partial charge in [0.15, 0.2) is 0 Å². The quantitative estimate of drug-likeness (QED) is 0.401. The first kappa shape index (κ1) is 6.01. The van der Waals surface area contributed by atoms with Crippen LogP contribution in [0.15, 0.2) is 0 Å². The smallest absolute Gasteiger partial charge is 0.103 e. The zero-order valence-electron chi connectivity index (χ0n) is 5.27. The van der Waals surface area contributed by atoms with Gasteiger partial charge in [-0.3, -0.25) is 5.17 Å². The third-order valence-corrected chi connectivity index (χ3v) is 1.54. The molecule has 0 amide bonds. The molecular formula is C5H12N2O. The third-order valence-electron chi connectivity index (χ3n) is 1.54. The molecule has 0 bridgehead atoms. The largest absolute Gasteiger partial charge is 0.613 e. The molecule has 1 saturated heterocycles.